The van der Waals surface area contributed by atoms with Crippen LogP contribution in [0.1, 0.15) is 29.4 Å². The predicted molar refractivity (Wildman–Crippen MR) is 56.2 cm³/mol. The van der Waals surface area contributed by atoms with Gasteiger partial charge in [-0.25, -0.2) is 0 Å². The van der Waals surface area contributed by atoms with E-state index in [-0.39, 0.29) is 5.91 Å². The Kier molecular flexibility index (Phi) is 3.63. The molecule has 0 N–H and O–H groups in total. The van der Waals surface area contributed by atoms with E-state index in [0.29, 0.717) is 5.56 Å². The number of carbonyl (C=O) groups excluding carboxylic acids is 1. The number of aromatic nitrogens is 1. The molecule has 1 heterocycles. The van der Waals surface area contributed by atoms with Crippen LogP contribution in [0.2, 0.25) is 0 Å². The third-order valence-corrected chi connectivity index (χ3v) is 2.14. The Morgan fingerprint density at radius 2 is 2.29 bits per heavy atom. The number of hydrogen-bond acceptors (Lipinski definition) is 2. The fourth-order valence-electron chi connectivity index (χ4n) is 1.35. The average molecular weight is 192 g/mol. The number of pyridine rings is 1. The van der Waals surface area contributed by atoms with Crippen molar-refractivity contribution in [1.82, 2.24) is 9.88 Å². The topological polar surface area (TPSA) is 33.2 Å². The first kappa shape index (κ1) is 10.7. The number of amides is 1. The van der Waals surface area contributed by atoms with Gasteiger partial charge in [-0.3, -0.25) is 9.78 Å². The second-order valence-corrected chi connectivity index (χ2v) is 3.36. The first-order valence-corrected chi connectivity index (χ1v) is 4.84. The molecule has 76 valence electrons. The van der Waals surface area contributed by atoms with Crippen molar-refractivity contribution in [3.8, 4) is 0 Å². The highest BCUT2D eigenvalue weighted by Crippen LogP contribution is 2.07. The molecule has 0 unspecified atom stereocenters. The van der Waals surface area contributed by atoms with Crippen LogP contribution in [0.15, 0.2) is 18.3 Å². The lowest BCUT2D eigenvalue weighted by Crippen LogP contribution is -2.28. The van der Waals surface area contributed by atoms with Gasteiger partial charge in [0.25, 0.3) is 5.91 Å². The standard InChI is InChI=1S/C11H16N2O/c1-4-8-13(3)11(14)10-6-5-7-12-9(10)2/h5-7H,4,8H2,1-3H3. The van der Waals surface area contributed by atoms with Crippen molar-refractivity contribution in [3.63, 3.8) is 0 Å². The smallest absolute Gasteiger partial charge is 0.255 e. The Labute approximate surface area is 84.8 Å². The van der Waals surface area contributed by atoms with Crippen LogP contribution < -0.4 is 0 Å². The third-order valence-electron chi connectivity index (χ3n) is 2.14. The average Bonchev–Trinajstić information content (AvgIpc) is 2.18. The highest BCUT2D eigenvalue weighted by Gasteiger charge is 2.12. The summed E-state index contributed by atoms with van der Waals surface area (Å²) in [6.45, 7) is 4.69. The van der Waals surface area contributed by atoms with E-state index in [1.165, 1.54) is 0 Å². The molecule has 0 bridgehead atoms. The molecule has 0 saturated carbocycles. The largest absolute Gasteiger partial charge is 0.342 e. The van der Waals surface area contributed by atoms with Crippen molar-refractivity contribution in [2.45, 2.75) is 20.3 Å². The molecule has 3 nitrogen and oxygen atoms in total. The lowest BCUT2D eigenvalue weighted by molar-refractivity contribution is 0.0794. The molecule has 0 aliphatic carbocycles. The van der Waals surface area contributed by atoms with Crippen molar-refractivity contribution < 1.29 is 4.79 Å². The third kappa shape index (κ3) is 2.31. The van der Waals surface area contributed by atoms with E-state index >= 15 is 0 Å². The minimum Gasteiger partial charge on any atom is -0.342 e. The Morgan fingerprint density at radius 3 is 2.86 bits per heavy atom. The van der Waals surface area contributed by atoms with E-state index in [4.69, 9.17) is 0 Å². The van der Waals surface area contributed by atoms with E-state index in [2.05, 4.69) is 11.9 Å². The molecular formula is C11H16N2O. The van der Waals surface area contributed by atoms with Crippen molar-refractivity contribution in [3.05, 3.63) is 29.6 Å². The second-order valence-electron chi connectivity index (χ2n) is 3.36. The van der Waals surface area contributed by atoms with Crippen LogP contribution in [0.4, 0.5) is 0 Å². The lowest BCUT2D eigenvalue weighted by atomic mass is 10.2. The van der Waals surface area contributed by atoms with Crippen LogP contribution >= 0.6 is 0 Å². The fraction of sp³-hybridized carbons (Fsp3) is 0.455. The quantitative estimate of drug-likeness (QED) is 0.732. The van der Waals surface area contributed by atoms with Crippen LogP contribution in [0, 0.1) is 6.92 Å². The van der Waals surface area contributed by atoms with Crippen molar-refractivity contribution in [2.24, 2.45) is 0 Å². The van der Waals surface area contributed by atoms with Gasteiger partial charge in [-0.2, -0.15) is 0 Å². The summed E-state index contributed by atoms with van der Waals surface area (Å²) in [6, 6.07) is 3.61. The normalized spacial score (nSPS) is 9.93. The van der Waals surface area contributed by atoms with Gasteiger partial charge in [0.15, 0.2) is 0 Å². The van der Waals surface area contributed by atoms with E-state index < -0.39 is 0 Å². The first-order chi connectivity index (χ1) is 6.66. The maximum Gasteiger partial charge on any atom is 0.255 e. The second kappa shape index (κ2) is 4.74. The van der Waals surface area contributed by atoms with Gasteiger partial charge in [-0.15, -0.1) is 0 Å². The predicted octanol–water partition coefficient (Wildman–Crippen LogP) is 1.87. The zero-order valence-corrected chi connectivity index (χ0v) is 8.95. The van der Waals surface area contributed by atoms with Crippen LogP contribution in [-0.2, 0) is 0 Å². The van der Waals surface area contributed by atoms with E-state index in [9.17, 15) is 4.79 Å². The molecule has 3 heteroatoms. The molecule has 0 saturated heterocycles. The SMILES string of the molecule is CCCN(C)C(=O)c1cccnc1C. The van der Waals surface area contributed by atoms with Gasteiger partial charge in [0.2, 0.25) is 0 Å². The zero-order chi connectivity index (χ0) is 10.6. The van der Waals surface area contributed by atoms with E-state index in [1.807, 2.05) is 20.0 Å². The molecule has 0 aliphatic rings. The van der Waals surface area contributed by atoms with Crippen molar-refractivity contribution in [2.75, 3.05) is 13.6 Å². The summed E-state index contributed by atoms with van der Waals surface area (Å²) in [7, 11) is 1.82. The first-order valence-electron chi connectivity index (χ1n) is 4.84. The van der Waals surface area contributed by atoms with Crippen LogP contribution in [0.5, 0.6) is 0 Å². The summed E-state index contributed by atoms with van der Waals surface area (Å²) in [5, 5.41) is 0. The molecule has 1 aromatic rings. The monoisotopic (exact) mass is 192 g/mol. The minimum atomic E-state index is 0.0532. The molecule has 0 aromatic carbocycles. The number of hydrogen-bond donors (Lipinski definition) is 0. The number of aryl methyl sites for hydroxylation is 1. The van der Waals surface area contributed by atoms with Gasteiger partial charge in [-0.05, 0) is 25.5 Å². The number of rotatable bonds is 3. The van der Waals surface area contributed by atoms with Gasteiger partial charge >= 0.3 is 0 Å². The molecule has 14 heavy (non-hydrogen) atoms. The zero-order valence-electron chi connectivity index (χ0n) is 8.95. The van der Waals surface area contributed by atoms with E-state index in [0.717, 1.165) is 18.7 Å². The van der Waals surface area contributed by atoms with Crippen molar-refractivity contribution in [1.29, 1.82) is 0 Å². The van der Waals surface area contributed by atoms with Crippen LogP contribution in [0.25, 0.3) is 0 Å². The maximum atomic E-state index is 11.8. The molecule has 0 fully saturated rings. The van der Waals surface area contributed by atoms with E-state index in [1.54, 1.807) is 17.2 Å². The van der Waals surface area contributed by atoms with Gasteiger partial charge in [-0.1, -0.05) is 6.92 Å². The van der Waals surface area contributed by atoms with Crippen molar-refractivity contribution >= 4 is 5.91 Å². The summed E-state index contributed by atoms with van der Waals surface area (Å²) < 4.78 is 0. The molecule has 0 radical (unpaired) electrons. The molecule has 1 amide bonds. The molecule has 1 aromatic heterocycles. The summed E-state index contributed by atoms with van der Waals surface area (Å²) in [6.07, 6.45) is 2.67. The van der Waals surface area contributed by atoms with Gasteiger partial charge in [0.1, 0.15) is 0 Å². The highest BCUT2D eigenvalue weighted by atomic mass is 16.2. The Hall–Kier alpha value is -1.38. The van der Waals surface area contributed by atoms with Crippen LogP contribution in [-0.4, -0.2) is 29.4 Å². The molecule has 1 rings (SSSR count). The van der Waals surface area contributed by atoms with Gasteiger partial charge < -0.3 is 4.90 Å². The summed E-state index contributed by atoms with van der Waals surface area (Å²) in [4.78, 5) is 17.7. The minimum absolute atomic E-state index is 0.0532. The molecular weight excluding hydrogens is 176 g/mol. The highest BCUT2D eigenvalue weighted by molar-refractivity contribution is 5.94. The Morgan fingerprint density at radius 1 is 1.57 bits per heavy atom. The maximum absolute atomic E-state index is 11.8. The Balaban J connectivity index is 2.84. The van der Waals surface area contributed by atoms with Gasteiger partial charge in [0.05, 0.1) is 5.56 Å². The van der Waals surface area contributed by atoms with Crippen LogP contribution in [0.3, 0.4) is 0 Å². The Bertz CT molecular complexity index is 323. The summed E-state index contributed by atoms with van der Waals surface area (Å²) in [5.74, 6) is 0.0532. The summed E-state index contributed by atoms with van der Waals surface area (Å²) >= 11 is 0. The lowest BCUT2D eigenvalue weighted by Gasteiger charge is -2.16. The number of carbonyl (C=O) groups is 1. The molecule has 0 spiro atoms. The fourth-order valence-corrected chi connectivity index (χ4v) is 1.35. The summed E-state index contributed by atoms with van der Waals surface area (Å²) in [5.41, 5.74) is 1.49. The molecule has 0 aliphatic heterocycles. The number of nitrogens with zero attached hydrogens (tertiary/aromatic N) is 2. The molecule has 0 atom stereocenters. The van der Waals surface area contributed by atoms with Gasteiger partial charge in [0, 0.05) is 25.5 Å².